The van der Waals surface area contributed by atoms with E-state index >= 15 is 0 Å². The Hall–Kier alpha value is -2.46. The summed E-state index contributed by atoms with van der Waals surface area (Å²) in [7, 11) is 0. The summed E-state index contributed by atoms with van der Waals surface area (Å²) in [5.41, 5.74) is 3.79. The number of nitrogens with one attached hydrogen (secondary N) is 2. The van der Waals surface area contributed by atoms with Crippen LogP contribution in [-0.4, -0.2) is 10.2 Å². The third kappa shape index (κ3) is 2.04. The van der Waals surface area contributed by atoms with E-state index in [0.29, 0.717) is 11.8 Å². The lowest BCUT2D eigenvalue weighted by Crippen LogP contribution is -1.99. The molecule has 4 rings (SSSR count). The molecule has 104 valence electrons. The van der Waals surface area contributed by atoms with Crippen molar-refractivity contribution in [3.63, 3.8) is 0 Å². The smallest absolute Gasteiger partial charge is 0.199 e. The first-order valence-corrected chi connectivity index (χ1v) is 7.02. The Morgan fingerprint density at radius 2 is 2.00 bits per heavy atom. The van der Waals surface area contributed by atoms with Gasteiger partial charge in [0.05, 0.1) is 11.7 Å². The molecule has 2 heterocycles. The Bertz CT molecular complexity index is 925. The number of aromatic amines is 1. The van der Waals surface area contributed by atoms with Gasteiger partial charge < -0.3 is 9.73 Å². The van der Waals surface area contributed by atoms with Gasteiger partial charge in [-0.1, -0.05) is 24.3 Å². The van der Waals surface area contributed by atoms with Crippen molar-refractivity contribution in [1.82, 2.24) is 10.2 Å². The SMILES string of the molecule is Clc1oc2ccccc2c1CNc1cccc2[nH]ncc12. The Labute approximate surface area is 125 Å². The number of furan rings is 1. The quantitative estimate of drug-likeness (QED) is 0.582. The Balaban J connectivity index is 1.70. The minimum atomic E-state index is 0.433. The molecule has 21 heavy (non-hydrogen) atoms. The van der Waals surface area contributed by atoms with Gasteiger partial charge in [-0.15, -0.1) is 0 Å². The summed E-state index contributed by atoms with van der Waals surface area (Å²) >= 11 is 6.21. The molecular weight excluding hydrogens is 286 g/mol. The highest BCUT2D eigenvalue weighted by atomic mass is 35.5. The molecule has 4 aromatic rings. The molecule has 0 radical (unpaired) electrons. The van der Waals surface area contributed by atoms with Crippen LogP contribution in [0.5, 0.6) is 0 Å². The predicted octanol–water partition coefficient (Wildman–Crippen LogP) is 4.57. The van der Waals surface area contributed by atoms with Crippen molar-refractivity contribution in [3.05, 3.63) is 59.4 Å². The first-order chi connectivity index (χ1) is 10.3. The lowest BCUT2D eigenvalue weighted by Gasteiger charge is -2.06. The summed E-state index contributed by atoms with van der Waals surface area (Å²) in [6, 6.07) is 13.8. The van der Waals surface area contributed by atoms with Gasteiger partial charge in [-0.2, -0.15) is 5.10 Å². The van der Waals surface area contributed by atoms with E-state index in [9.17, 15) is 0 Å². The molecule has 2 aromatic heterocycles. The zero-order valence-corrected chi connectivity index (χ0v) is 11.8. The van der Waals surface area contributed by atoms with Crippen LogP contribution in [0.4, 0.5) is 5.69 Å². The standard InChI is InChI=1S/C16H12ClN3O/c17-16-11(10-4-1-2-7-15(10)21-16)8-18-13-5-3-6-14-12(13)9-19-20-14/h1-7,9,18H,8H2,(H,19,20). The van der Waals surface area contributed by atoms with Crippen LogP contribution in [0.1, 0.15) is 5.56 Å². The van der Waals surface area contributed by atoms with Crippen LogP contribution in [0.25, 0.3) is 21.9 Å². The van der Waals surface area contributed by atoms with E-state index < -0.39 is 0 Å². The van der Waals surface area contributed by atoms with Crippen LogP contribution in [0.15, 0.2) is 53.1 Å². The number of rotatable bonds is 3. The highest BCUT2D eigenvalue weighted by Crippen LogP contribution is 2.31. The second kappa shape index (κ2) is 4.82. The summed E-state index contributed by atoms with van der Waals surface area (Å²) < 4.78 is 5.57. The van der Waals surface area contributed by atoms with E-state index in [-0.39, 0.29) is 0 Å². The van der Waals surface area contributed by atoms with Crippen molar-refractivity contribution < 1.29 is 4.42 Å². The van der Waals surface area contributed by atoms with Gasteiger partial charge in [0, 0.05) is 28.6 Å². The molecule has 0 saturated carbocycles. The summed E-state index contributed by atoms with van der Waals surface area (Å²) in [4.78, 5) is 0. The monoisotopic (exact) mass is 297 g/mol. The third-order valence-corrected chi connectivity index (χ3v) is 3.89. The van der Waals surface area contributed by atoms with Crippen molar-refractivity contribution in [1.29, 1.82) is 0 Å². The normalized spacial score (nSPS) is 11.3. The fraction of sp³-hybridized carbons (Fsp3) is 0.0625. The molecule has 0 aliphatic carbocycles. The zero-order valence-electron chi connectivity index (χ0n) is 11.1. The van der Waals surface area contributed by atoms with Gasteiger partial charge >= 0.3 is 0 Å². The average molecular weight is 298 g/mol. The average Bonchev–Trinajstić information content (AvgIpc) is 3.09. The molecule has 0 atom stereocenters. The van der Waals surface area contributed by atoms with E-state index in [1.807, 2.05) is 48.7 Å². The van der Waals surface area contributed by atoms with Crippen molar-refractivity contribution in [2.75, 3.05) is 5.32 Å². The number of halogens is 1. The van der Waals surface area contributed by atoms with Gasteiger partial charge in [-0.05, 0) is 29.8 Å². The minimum Gasteiger partial charge on any atom is -0.444 e. The van der Waals surface area contributed by atoms with Gasteiger partial charge in [-0.25, -0.2) is 0 Å². The fourth-order valence-electron chi connectivity index (χ4n) is 2.54. The predicted molar refractivity (Wildman–Crippen MR) is 84.6 cm³/mol. The lowest BCUT2D eigenvalue weighted by molar-refractivity contribution is 0.613. The van der Waals surface area contributed by atoms with Crippen LogP contribution in [0.3, 0.4) is 0 Å². The minimum absolute atomic E-state index is 0.433. The second-order valence-electron chi connectivity index (χ2n) is 4.84. The van der Waals surface area contributed by atoms with Gasteiger partial charge in [-0.3, -0.25) is 5.10 Å². The molecule has 4 nitrogen and oxygen atoms in total. The topological polar surface area (TPSA) is 53.9 Å². The van der Waals surface area contributed by atoms with Crippen LogP contribution >= 0.6 is 11.6 Å². The van der Waals surface area contributed by atoms with E-state index in [0.717, 1.165) is 33.1 Å². The van der Waals surface area contributed by atoms with E-state index in [4.69, 9.17) is 16.0 Å². The van der Waals surface area contributed by atoms with Gasteiger partial charge in [0.2, 0.25) is 0 Å². The first kappa shape index (κ1) is 12.3. The largest absolute Gasteiger partial charge is 0.444 e. The molecule has 0 spiro atoms. The Morgan fingerprint density at radius 3 is 2.95 bits per heavy atom. The fourth-order valence-corrected chi connectivity index (χ4v) is 2.79. The zero-order chi connectivity index (χ0) is 14.2. The first-order valence-electron chi connectivity index (χ1n) is 6.65. The molecule has 0 aliphatic heterocycles. The number of fused-ring (bicyclic) bond motifs is 2. The molecule has 0 aliphatic rings. The molecular formula is C16H12ClN3O. The number of para-hydroxylation sites is 1. The Morgan fingerprint density at radius 1 is 1.10 bits per heavy atom. The molecule has 5 heteroatoms. The number of nitrogens with zero attached hydrogens (tertiary/aromatic N) is 1. The highest BCUT2D eigenvalue weighted by molar-refractivity contribution is 6.30. The van der Waals surface area contributed by atoms with E-state index in [1.54, 1.807) is 0 Å². The number of aromatic nitrogens is 2. The molecule has 2 N–H and O–H groups in total. The number of benzene rings is 2. The summed E-state index contributed by atoms with van der Waals surface area (Å²) in [6.45, 7) is 0.597. The molecule has 0 bridgehead atoms. The third-order valence-electron chi connectivity index (χ3n) is 3.59. The summed E-state index contributed by atoms with van der Waals surface area (Å²) in [5.74, 6) is 0. The summed E-state index contributed by atoms with van der Waals surface area (Å²) in [6.07, 6.45) is 1.81. The van der Waals surface area contributed by atoms with Gasteiger partial charge in [0.25, 0.3) is 0 Å². The maximum Gasteiger partial charge on any atom is 0.199 e. The molecule has 0 saturated heterocycles. The van der Waals surface area contributed by atoms with Crippen LogP contribution < -0.4 is 5.32 Å². The number of hydrogen-bond acceptors (Lipinski definition) is 3. The van der Waals surface area contributed by atoms with Crippen molar-refractivity contribution in [3.8, 4) is 0 Å². The van der Waals surface area contributed by atoms with Crippen LogP contribution in [0, 0.1) is 0 Å². The number of anilines is 1. The number of hydrogen-bond donors (Lipinski definition) is 2. The highest BCUT2D eigenvalue weighted by Gasteiger charge is 2.12. The van der Waals surface area contributed by atoms with Crippen LogP contribution in [0.2, 0.25) is 5.22 Å². The summed E-state index contributed by atoms with van der Waals surface area (Å²) in [5, 5.41) is 13.0. The van der Waals surface area contributed by atoms with Crippen molar-refractivity contribution >= 4 is 39.2 Å². The lowest BCUT2D eigenvalue weighted by atomic mass is 10.1. The second-order valence-corrected chi connectivity index (χ2v) is 5.18. The van der Waals surface area contributed by atoms with E-state index in [2.05, 4.69) is 15.5 Å². The molecule has 2 aromatic carbocycles. The van der Waals surface area contributed by atoms with Gasteiger partial charge in [0.15, 0.2) is 5.22 Å². The van der Waals surface area contributed by atoms with Gasteiger partial charge in [0.1, 0.15) is 5.58 Å². The molecule has 0 unspecified atom stereocenters. The Kier molecular flexibility index (Phi) is 2.82. The maximum atomic E-state index is 6.21. The van der Waals surface area contributed by atoms with Crippen molar-refractivity contribution in [2.45, 2.75) is 6.54 Å². The number of H-pyrrole nitrogens is 1. The van der Waals surface area contributed by atoms with Crippen LogP contribution in [-0.2, 0) is 6.54 Å². The molecule has 0 fully saturated rings. The van der Waals surface area contributed by atoms with E-state index in [1.165, 1.54) is 0 Å². The maximum absolute atomic E-state index is 6.21. The van der Waals surface area contributed by atoms with Crippen molar-refractivity contribution in [2.24, 2.45) is 0 Å². The molecule has 0 amide bonds.